The van der Waals surface area contributed by atoms with Gasteiger partial charge in [0.05, 0.1) is 12.7 Å². The first-order valence-electron chi connectivity index (χ1n) is 8.81. The summed E-state index contributed by atoms with van der Waals surface area (Å²) in [6, 6.07) is 3.85. The molecule has 2 aromatic rings. The number of carboxylic acids is 1. The Labute approximate surface area is 148 Å². The number of aromatic nitrogens is 1. The molecule has 136 valence electrons. The van der Waals surface area contributed by atoms with Crippen LogP contribution in [0, 0.1) is 6.92 Å². The topological polar surface area (TPSA) is 68.5 Å². The van der Waals surface area contributed by atoms with Gasteiger partial charge in [0.15, 0.2) is 0 Å². The zero-order valence-electron chi connectivity index (χ0n) is 15.5. The fourth-order valence-electron chi connectivity index (χ4n) is 3.42. The number of aryl methyl sites for hydroxylation is 3. The number of hydrogen-bond donors (Lipinski definition) is 1. The van der Waals surface area contributed by atoms with Crippen molar-refractivity contribution < 1.29 is 19.4 Å². The van der Waals surface area contributed by atoms with Crippen LogP contribution < -0.4 is 0 Å². The van der Waals surface area contributed by atoms with Gasteiger partial charge in [-0.2, -0.15) is 0 Å². The van der Waals surface area contributed by atoms with Gasteiger partial charge in [-0.05, 0) is 49.4 Å². The molecule has 5 nitrogen and oxygen atoms in total. The summed E-state index contributed by atoms with van der Waals surface area (Å²) in [5.74, 6) is -1.14. The monoisotopic (exact) mass is 345 g/mol. The van der Waals surface area contributed by atoms with Gasteiger partial charge in [-0.3, -0.25) is 4.79 Å². The number of hydrogen-bond acceptors (Lipinski definition) is 3. The fraction of sp³-hybridized carbons (Fsp3) is 0.500. The van der Waals surface area contributed by atoms with E-state index in [-0.39, 0.29) is 12.4 Å². The molecule has 1 aromatic carbocycles. The third-order valence-corrected chi connectivity index (χ3v) is 4.79. The van der Waals surface area contributed by atoms with Crippen molar-refractivity contribution in [2.75, 3.05) is 7.11 Å². The zero-order valence-corrected chi connectivity index (χ0v) is 15.5. The van der Waals surface area contributed by atoms with Crippen LogP contribution in [0.5, 0.6) is 0 Å². The molecular formula is C20H27NO4. The van der Waals surface area contributed by atoms with Crippen molar-refractivity contribution in [2.45, 2.75) is 52.4 Å². The van der Waals surface area contributed by atoms with Crippen molar-refractivity contribution in [3.8, 4) is 0 Å². The average Bonchev–Trinajstić information content (AvgIpc) is 2.83. The van der Waals surface area contributed by atoms with Gasteiger partial charge < -0.3 is 14.4 Å². The summed E-state index contributed by atoms with van der Waals surface area (Å²) in [6.07, 6.45) is 4.89. The quantitative estimate of drug-likeness (QED) is 0.579. The number of carboxylic acid groups (broad SMARTS) is 1. The first-order chi connectivity index (χ1) is 11.9. The van der Waals surface area contributed by atoms with Crippen molar-refractivity contribution in [2.24, 2.45) is 7.05 Å². The van der Waals surface area contributed by atoms with Crippen LogP contribution in [-0.2, 0) is 29.4 Å². The predicted molar refractivity (Wildman–Crippen MR) is 98.2 cm³/mol. The van der Waals surface area contributed by atoms with Gasteiger partial charge in [0.25, 0.3) is 0 Å². The number of esters is 1. The summed E-state index contributed by atoms with van der Waals surface area (Å²) in [7, 11) is 3.37. The maximum absolute atomic E-state index is 12.0. The largest absolute Gasteiger partial charge is 0.481 e. The van der Waals surface area contributed by atoms with Crippen molar-refractivity contribution in [3.63, 3.8) is 0 Å². The van der Waals surface area contributed by atoms with Gasteiger partial charge in [-0.1, -0.05) is 19.8 Å². The highest BCUT2D eigenvalue weighted by molar-refractivity contribution is 5.97. The molecule has 1 heterocycles. The second-order valence-electron chi connectivity index (χ2n) is 6.51. The Hall–Kier alpha value is -2.30. The van der Waals surface area contributed by atoms with Gasteiger partial charge in [0.2, 0.25) is 0 Å². The van der Waals surface area contributed by atoms with Gasteiger partial charge in [0.1, 0.15) is 0 Å². The third-order valence-electron chi connectivity index (χ3n) is 4.79. The molecule has 0 bridgehead atoms. The maximum Gasteiger partial charge on any atom is 0.338 e. The van der Waals surface area contributed by atoms with E-state index < -0.39 is 5.97 Å². The Morgan fingerprint density at radius 3 is 2.52 bits per heavy atom. The lowest BCUT2D eigenvalue weighted by molar-refractivity contribution is -0.136. The normalized spacial score (nSPS) is 11.0. The van der Waals surface area contributed by atoms with Crippen molar-refractivity contribution in [1.82, 2.24) is 4.57 Å². The van der Waals surface area contributed by atoms with E-state index in [1.54, 1.807) is 0 Å². The van der Waals surface area contributed by atoms with E-state index in [2.05, 4.69) is 11.5 Å². The van der Waals surface area contributed by atoms with Crippen LogP contribution in [-0.4, -0.2) is 28.7 Å². The van der Waals surface area contributed by atoms with Crippen LogP contribution in [0.2, 0.25) is 0 Å². The number of nitrogens with zero attached hydrogens (tertiary/aromatic N) is 1. The molecule has 0 saturated heterocycles. The number of rotatable bonds is 8. The smallest absolute Gasteiger partial charge is 0.338 e. The number of carbonyl (C=O) groups excluding carboxylic acids is 1. The maximum atomic E-state index is 12.0. The van der Waals surface area contributed by atoms with Crippen molar-refractivity contribution in [3.05, 3.63) is 34.5 Å². The van der Waals surface area contributed by atoms with E-state index in [0.29, 0.717) is 12.0 Å². The summed E-state index contributed by atoms with van der Waals surface area (Å²) in [4.78, 5) is 23.1. The van der Waals surface area contributed by atoms with Crippen LogP contribution in [0.25, 0.3) is 10.9 Å². The van der Waals surface area contributed by atoms with Gasteiger partial charge in [-0.25, -0.2) is 4.79 Å². The molecular weight excluding hydrogens is 318 g/mol. The molecule has 2 rings (SSSR count). The number of fused-ring (bicyclic) bond motifs is 1. The van der Waals surface area contributed by atoms with Crippen molar-refractivity contribution in [1.29, 1.82) is 0 Å². The van der Waals surface area contributed by atoms with Crippen LogP contribution in [0.1, 0.15) is 59.8 Å². The van der Waals surface area contributed by atoms with Gasteiger partial charge in [-0.15, -0.1) is 0 Å². The minimum absolute atomic E-state index is 0.109. The molecule has 0 amide bonds. The lowest BCUT2D eigenvalue weighted by atomic mass is 9.99. The van der Waals surface area contributed by atoms with Gasteiger partial charge >= 0.3 is 11.9 Å². The molecule has 0 aliphatic heterocycles. The Morgan fingerprint density at radius 1 is 1.20 bits per heavy atom. The summed E-state index contributed by atoms with van der Waals surface area (Å²) < 4.78 is 6.98. The fourth-order valence-corrected chi connectivity index (χ4v) is 3.42. The average molecular weight is 345 g/mol. The Morgan fingerprint density at radius 2 is 1.92 bits per heavy atom. The molecule has 0 unspecified atom stereocenters. The molecule has 0 aliphatic rings. The first-order valence-corrected chi connectivity index (χ1v) is 8.81. The van der Waals surface area contributed by atoms with Crippen LogP contribution in [0.15, 0.2) is 12.1 Å². The van der Waals surface area contributed by atoms with E-state index in [9.17, 15) is 9.59 Å². The first kappa shape index (κ1) is 19.0. The van der Waals surface area contributed by atoms with E-state index >= 15 is 0 Å². The molecule has 0 aliphatic carbocycles. The van der Waals surface area contributed by atoms with Crippen LogP contribution in [0.4, 0.5) is 0 Å². The second kappa shape index (κ2) is 8.19. The molecule has 0 radical (unpaired) electrons. The van der Waals surface area contributed by atoms with E-state index in [1.807, 2.05) is 26.1 Å². The SMILES string of the molecule is CCCCCc1c(CCC(=O)O)c2cc(C)c(C(=O)OC)cc2n1C. The Bertz CT molecular complexity index is 789. The molecule has 1 aromatic heterocycles. The highest BCUT2D eigenvalue weighted by Gasteiger charge is 2.19. The lowest BCUT2D eigenvalue weighted by Crippen LogP contribution is -2.04. The molecule has 1 N–H and O–H groups in total. The number of methoxy groups -OCH3 is 1. The minimum atomic E-state index is -0.792. The van der Waals surface area contributed by atoms with E-state index in [0.717, 1.165) is 47.7 Å². The number of unbranched alkanes of at least 4 members (excludes halogenated alkanes) is 2. The molecule has 0 saturated carbocycles. The lowest BCUT2D eigenvalue weighted by Gasteiger charge is -2.07. The van der Waals surface area contributed by atoms with Crippen LogP contribution >= 0.6 is 0 Å². The van der Waals surface area contributed by atoms with E-state index in [1.165, 1.54) is 12.8 Å². The molecule has 0 spiro atoms. The summed E-state index contributed by atoms with van der Waals surface area (Å²) in [6.45, 7) is 4.05. The van der Waals surface area contributed by atoms with Gasteiger partial charge in [0, 0.05) is 30.1 Å². The standard InChI is InChI=1S/C20H27NO4/c1-5-6-7-8-17-14(9-10-19(22)23)16-11-13(2)15(20(24)25-4)12-18(16)21(17)3/h11-12H,5-10H2,1-4H3,(H,22,23). The van der Waals surface area contributed by atoms with Crippen molar-refractivity contribution >= 4 is 22.8 Å². The highest BCUT2D eigenvalue weighted by atomic mass is 16.5. The summed E-state index contributed by atoms with van der Waals surface area (Å²) in [5, 5.41) is 10.1. The van der Waals surface area contributed by atoms with E-state index in [4.69, 9.17) is 9.84 Å². The number of benzene rings is 1. The van der Waals surface area contributed by atoms with Crippen LogP contribution in [0.3, 0.4) is 0 Å². The Balaban J connectivity index is 2.58. The summed E-state index contributed by atoms with van der Waals surface area (Å²) >= 11 is 0. The molecule has 0 atom stereocenters. The number of carbonyl (C=O) groups is 2. The number of aliphatic carboxylic acids is 1. The third kappa shape index (κ3) is 4.03. The minimum Gasteiger partial charge on any atom is -0.481 e. The number of ether oxygens (including phenoxy) is 1. The zero-order chi connectivity index (χ0) is 18.6. The summed E-state index contributed by atoms with van der Waals surface area (Å²) in [5.41, 5.74) is 4.63. The molecule has 5 heteroatoms. The predicted octanol–water partition coefficient (Wildman–Crippen LogP) is 4.02. The second-order valence-corrected chi connectivity index (χ2v) is 6.51. The molecule has 25 heavy (non-hydrogen) atoms. The molecule has 0 fully saturated rings. The Kier molecular flexibility index (Phi) is 6.23. The highest BCUT2D eigenvalue weighted by Crippen LogP contribution is 2.30.